The Balaban J connectivity index is 1.74. The minimum Gasteiger partial charge on any atom is -0.391 e. The van der Waals surface area contributed by atoms with Crippen molar-refractivity contribution in [3.63, 3.8) is 0 Å². The molecule has 3 N–H and O–H groups in total. The Kier molecular flexibility index (Phi) is 4.18. The Hall–Kier alpha value is -0.610. The lowest BCUT2D eigenvalue weighted by molar-refractivity contribution is -0.124. The van der Waals surface area contributed by atoms with Crippen molar-refractivity contribution in [1.82, 2.24) is 10.6 Å². The Morgan fingerprint density at radius 2 is 2.00 bits per heavy atom. The molecule has 0 radical (unpaired) electrons. The first-order valence-corrected chi connectivity index (χ1v) is 6.44. The van der Waals surface area contributed by atoms with Gasteiger partial charge in [-0.05, 0) is 31.8 Å². The van der Waals surface area contributed by atoms with Gasteiger partial charge >= 0.3 is 0 Å². The summed E-state index contributed by atoms with van der Waals surface area (Å²) in [5, 5.41) is 16.0. The highest BCUT2D eigenvalue weighted by Gasteiger charge is 2.25. The predicted octanol–water partition coefficient (Wildman–Crippen LogP) is 0.406. The van der Waals surface area contributed by atoms with Crippen molar-refractivity contribution in [3.8, 4) is 0 Å². The molecule has 2 fully saturated rings. The quantitative estimate of drug-likeness (QED) is 0.611. The van der Waals surface area contributed by atoms with Crippen molar-refractivity contribution in [2.75, 3.05) is 13.1 Å². The Labute approximate surface area is 96.8 Å². The molecule has 1 saturated heterocycles. The van der Waals surface area contributed by atoms with Crippen molar-refractivity contribution in [1.29, 1.82) is 0 Å². The minimum absolute atomic E-state index is 0.0111. The van der Waals surface area contributed by atoms with E-state index in [1.54, 1.807) is 0 Å². The van der Waals surface area contributed by atoms with E-state index in [4.69, 9.17) is 0 Å². The fourth-order valence-electron chi connectivity index (χ4n) is 2.48. The van der Waals surface area contributed by atoms with Crippen LogP contribution >= 0.6 is 0 Å². The van der Waals surface area contributed by atoms with Gasteiger partial charge in [0.1, 0.15) is 0 Å². The molecule has 0 bridgehead atoms. The number of amides is 1. The molecule has 2 aliphatic rings. The van der Waals surface area contributed by atoms with Crippen LogP contribution in [0, 0.1) is 5.92 Å². The zero-order valence-electron chi connectivity index (χ0n) is 9.74. The summed E-state index contributed by atoms with van der Waals surface area (Å²) in [5.74, 6) is 0.611. The molecule has 2 rings (SSSR count). The summed E-state index contributed by atoms with van der Waals surface area (Å²) in [5.41, 5.74) is 0. The SMILES string of the molecule is O=C(CC1CNC1)NC1CCCCCC1O. The molecule has 92 valence electrons. The fourth-order valence-corrected chi connectivity index (χ4v) is 2.48. The van der Waals surface area contributed by atoms with Crippen LogP contribution in [0.2, 0.25) is 0 Å². The monoisotopic (exact) mass is 226 g/mol. The van der Waals surface area contributed by atoms with Gasteiger partial charge in [-0.15, -0.1) is 0 Å². The van der Waals surface area contributed by atoms with Crippen LogP contribution in [0.3, 0.4) is 0 Å². The first-order valence-electron chi connectivity index (χ1n) is 6.44. The lowest BCUT2D eigenvalue weighted by Gasteiger charge is -2.28. The molecule has 16 heavy (non-hydrogen) atoms. The number of hydrogen-bond donors (Lipinski definition) is 3. The molecule has 2 unspecified atom stereocenters. The molecule has 1 amide bonds. The Morgan fingerprint density at radius 3 is 2.69 bits per heavy atom. The molecule has 0 aromatic heterocycles. The summed E-state index contributed by atoms with van der Waals surface area (Å²) >= 11 is 0. The molecular formula is C12H22N2O2. The minimum atomic E-state index is -0.342. The third-order valence-corrected chi connectivity index (χ3v) is 3.67. The maximum absolute atomic E-state index is 11.7. The van der Waals surface area contributed by atoms with E-state index in [2.05, 4.69) is 10.6 Å². The Morgan fingerprint density at radius 1 is 1.25 bits per heavy atom. The molecule has 4 heteroatoms. The van der Waals surface area contributed by atoms with Gasteiger partial charge in [0.05, 0.1) is 12.1 Å². The third-order valence-electron chi connectivity index (χ3n) is 3.67. The predicted molar refractivity (Wildman–Crippen MR) is 62.0 cm³/mol. The van der Waals surface area contributed by atoms with Crippen LogP contribution in [0.25, 0.3) is 0 Å². The van der Waals surface area contributed by atoms with Gasteiger partial charge in [-0.1, -0.05) is 19.3 Å². The zero-order valence-corrected chi connectivity index (χ0v) is 9.74. The van der Waals surface area contributed by atoms with Crippen molar-refractivity contribution in [2.45, 2.75) is 50.7 Å². The van der Waals surface area contributed by atoms with Crippen molar-refractivity contribution < 1.29 is 9.90 Å². The first kappa shape index (κ1) is 11.9. The molecule has 1 heterocycles. The molecule has 1 aliphatic heterocycles. The van der Waals surface area contributed by atoms with E-state index in [9.17, 15) is 9.90 Å². The number of carbonyl (C=O) groups excluding carboxylic acids is 1. The van der Waals surface area contributed by atoms with Gasteiger partial charge in [-0.25, -0.2) is 0 Å². The highest BCUT2D eigenvalue weighted by atomic mass is 16.3. The summed E-state index contributed by atoms with van der Waals surface area (Å²) in [4.78, 5) is 11.7. The number of hydrogen-bond acceptors (Lipinski definition) is 3. The van der Waals surface area contributed by atoms with E-state index in [1.807, 2.05) is 0 Å². The average Bonchev–Trinajstić information content (AvgIpc) is 2.39. The summed E-state index contributed by atoms with van der Waals surface area (Å²) in [7, 11) is 0. The molecule has 0 aromatic rings. The van der Waals surface area contributed by atoms with E-state index in [-0.39, 0.29) is 18.1 Å². The summed E-state index contributed by atoms with van der Waals surface area (Å²) < 4.78 is 0. The van der Waals surface area contributed by atoms with Gasteiger partial charge in [-0.2, -0.15) is 0 Å². The van der Waals surface area contributed by atoms with Gasteiger partial charge in [0, 0.05) is 6.42 Å². The van der Waals surface area contributed by atoms with E-state index in [0.717, 1.165) is 38.8 Å². The smallest absolute Gasteiger partial charge is 0.220 e. The molecule has 4 nitrogen and oxygen atoms in total. The summed E-state index contributed by atoms with van der Waals surface area (Å²) in [6.07, 6.45) is 5.40. The first-order chi connectivity index (χ1) is 7.75. The van der Waals surface area contributed by atoms with Crippen LogP contribution in [-0.4, -0.2) is 36.2 Å². The van der Waals surface area contributed by atoms with Gasteiger partial charge in [-0.3, -0.25) is 4.79 Å². The molecular weight excluding hydrogens is 204 g/mol. The normalized spacial score (nSPS) is 31.6. The van der Waals surface area contributed by atoms with Crippen LogP contribution in [0.4, 0.5) is 0 Å². The maximum atomic E-state index is 11.7. The molecule has 2 atom stereocenters. The fraction of sp³-hybridized carbons (Fsp3) is 0.917. The van der Waals surface area contributed by atoms with Crippen LogP contribution in [-0.2, 0) is 4.79 Å². The third kappa shape index (κ3) is 3.19. The second-order valence-electron chi connectivity index (χ2n) is 5.11. The van der Waals surface area contributed by atoms with Gasteiger partial charge < -0.3 is 15.7 Å². The van der Waals surface area contributed by atoms with E-state index < -0.39 is 0 Å². The van der Waals surface area contributed by atoms with E-state index in [1.165, 1.54) is 6.42 Å². The largest absolute Gasteiger partial charge is 0.391 e. The van der Waals surface area contributed by atoms with Crippen LogP contribution in [0.5, 0.6) is 0 Å². The lowest BCUT2D eigenvalue weighted by atomic mass is 9.98. The number of nitrogens with one attached hydrogen (secondary N) is 2. The van der Waals surface area contributed by atoms with Gasteiger partial charge in [0.15, 0.2) is 0 Å². The molecule has 0 aromatic carbocycles. The van der Waals surface area contributed by atoms with Crippen LogP contribution in [0.1, 0.15) is 38.5 Å². The lowest BCUT2D eigenvalue weighted by Crippen LogP contribution is -2.48. The van der Waals surface area contributed by atoms with Crippen LogP contribution < -0.4 is 10.6 Å². The van der Waals surface area contributed by atoms with Gasteiger partial charge in [0.25, 0.3) is 0 Å². The molecule has 0 spiro atoms. The van der Waals surface area contributed by atoms with Crippen LogP contribution in [0.15, 0.2) is 0 Å². The standard InChI is InChI=1S/C12H22N2O2/c15-11-5-3-1-2-4-10(11)14-12(16)6-9-7-13-8-9/h9-11,13,15H,1-8H2,(H,14,16). The summed E-state index contributed by atoms with van der Waals surface area (Å²) in [6, 6.07) is -0.0111. The van der Waals surface area contributed by atoms with Crippen molar-refractivity contribution in [3.05, 3.63) is 0 Å². The highest BCUT2D eigenvalue weighted by Crippen LogP contribution is 2.18. The number of carbonyl (C=O) groups is 1. The van der Waals surface area contributed by atoms with E-state index in [0.29, 0.717) is 12.3 Å². The number of rotatable bonds is 3. The van der Waals surface area contributed by atoms with Crippen molar-refractivity contribution >= 4 is 5.91 Å². The van der Waals surface area contributed by atoms with Gasteiger partial charge in [0.2, 0.25) is 5.91 Å². The average molecular weight is 226 g/mol. The topological polar surface area (TPSA) is 61.4 Å². The summed E-state index contributed by atoms with van der Waals surface area (Å²) in [6.45, 7) is 1.92. The molecule has 1 saturated carbocycles. The second-order valence-corrected chi connectivity index (χ2v) is 5.11. The van der Waals surface area contributed by atoms with E-state index >= 15 is 0 Å². The maximum Gasteiger partial charge on any atom is 0.220 e. The number of aliphatic hydroxyl groups is 1. The second kappa shape index (κ2) is 5.64. The Bertz CT molecular complexity index is 241. The van der Waals surface area contributed by atoms with Crippen molar-refractivity contribution in [2.24, 2.45) is 5.92 Å². The molecule has 1 aliphatic carbocycles. The highest BCUT2D eigenvalue weighted by molar-refractivity contribution is 5.76. The number of aliphatic hydroxyl groups excluding tert-OH is 1. The zero-order chi connectivity index (χ0) is 11.4.